The molecule has 1 N–H and O–H groups in total. The van der Waals surface area contributed by atoms with E-state index in [0.717, 1.165) is 49.2 Å². The summed E-state index contributed by atoms with van der Waals surface area (Å²) in [5.74, 6) is 1.86. The standard InChI is InChI=1S/C24H28N4O3/c1-16(2)28-15-18(8-12-22(28)29)19-9-11-21(25-23(19)20-10-7-17(3)31-20)26-24(30)27-13-5-4-6-14-27/h7-12,15-16H,4-6,13-14H2,1-3H3,(H,25,26,30). The number of rotatable bonds is 4. The van der Waals surface area contributed by atoms with Gasteiger partial charge >= 0.3 is 6.03 Å². The average Bonchev–Trinajstić information content (AvgIpc) is 3.21. The number of nitrogens with one attached hydrogen (secondary N) is 1. The van der Waals surface area contributed by atoms with Crippen LogP contribution in [-0.2, 0) is 0 Å². The van der Waals surface area contributed by atoms with Gasteiger partial charge in [0.1, 0.15) is 17.3 Å². The molecule has 0 atom stereocenters. The zero-order valence-electron chi connectivity index (χ0n) is 18.2. The maximum atomic E-state index is 12.6. The van der Waals surface area contributed by atoms with E-state index < -0.39 is 0 Å². The van der Waals surface area contributed by atoms with Crippen molar-refractivity contribution in [1.29, 1.82) is 0 Å². The smallest absolute Gasteiger partial charge is 0.323 e. The van der Waals surface area contributed by atoms with E-state index in [0.29, 0.717) is 17.3 Å². The molecule has 1 saturated heterocycles. The highest BCUT2D eigenvalue weighted by atomic mass is 16.3. The van der Waals surface area contributed by atoms with Gasteiger partial charge in [-0.3, -0.25) is 10.1 Å². The second kappa shape index (κ2) is 8.79. The summed E-state index contributed by atoms with van der Waals surface area (Å²) in [6, 6.07) is 10.7. The molecule has 1 aliphatic heterocycles. The molecule has 31 heavy (non-hydrogen) atoms. The van der Waals surface area contributed by atoms with Crippen molar-refractivity contribution in [3.8, 4) is 22.6 Å². The van der Waals surface area contributed by atoms with Crippen LogP contribution in [0, 0.1) is 6.92 Å². The summed E-state index contributed by atoms with van der Waals surface area (Å²) in [6.45, 7) is 7.36. The number of furan rings is 1. The molecule has 0 radical (unpaired) electrons. The van der Waals surface area contributed by atoms with Crippen LogP contribution in [0.2, 0.25) is 0 Å². The number of hydrogen-bond acceptors (Lipinski definition) is 4. The fourth-order valence-corrected chi connectivity index (χ4v) is 3.86. The third kappa shape index (κ3) is 4.55. The molecule has 0 bridgehead atoms. The van der Waals surface area contributed by atoms with Gasteiger partial charge in [0.2, 0.25) is 0 Å². The highest BCUT2D eigenvalue weighted by Gasteiger charge is 2.19. The molecule has 0 aromatic carbocycles. The Morgan fingerprint density at radius 2 is 1.84 bits per heavy atom. The molecular formula is C24H28N4O3. The number of urea groups is 1. The number of hydrogen-bond donors (Lipinski definition) is 1. The number of amides is 2. The number of piperidine rings is 1. The van der Waals surface area contributed by atoms with Crippen molar-refractivity contribution in [3.05, 3.63) is 58.7 Å². The molecule has 7 heteroatoms. The van der Waals surface area contributed by atoms with Crippen LogP contribution in [0.5, 0.6) is 0 Å². The lowest BCUT2D eigenvalue weighted by Crippen LogP contribution is -2.38. The van der Waals surface area contributed by atoms with E-state index in [-0.39, 0.29) is 17.6 Å². The first-order valence-corrected chi connectivity index (χ1v) is 10.8. The van der Waals surface area contributed by atoms with E-state index in [4.69, 9.17) is 9.40 Å². The molecule has 2 amide bonds. The summed E-state index contributed by atoms with van der Waals surface area (Å²) in [5.41, 5.74) is 2.27. The molecule has 3 aromatic heterocycles. The van der Waals surface area contributed by atoms with Crippen molar-refractivity contribution in [2.75, 3.05) is 18.4 Å². The number of pyridine rings is 2. The van der Waals surface area contributed by atoms with Crippen molar-refractivity contribution < 1.29 is 9.21 Å². The molecule has 1 fully saturated rings. The lowest BCUT2D eigenvalue weighted by molar-refractivity contribution is 0.200. The molecule has 0 unspecified atom stereocenters. The number of anilines is 1. The predicted molar refractivity (Wildman–Crippen MR) is 121 cm³/mol. The molecule has 3 aromatic rings. The van der Waals surface area contributed by atoms with E-state index in [2.05, 4.69) is 5.32 Å². The Balaban J connectivity index is 1.73. The van der Waals surface area contributed by atoms with E-state index in [9.17, 15) is 9.59 Å². The summed E-state index contributed by atoms with van der Waals surface area (Å²) in [5, 5.41) is 2.93. The Morgan fingerprint density at radius 3 is 2.52 bits per heavy atom. The predicted octanol–water partition coefficient (Wildman–Crippen LogP) is 5.08. The van der Waals surface area contributed by atoms with E-state index >= 15 is 0 Å². The lowest BCUT2D eigenvalue weighted by atomic mass is 10.0. The number of nitrogens with zero attached hydrogens (tertiary/aromatic N) is 3. The van der Waals surface area contributed by atoms with Crippen LogP contribution in [0.25, 0.3) is 22.6 Å². The van der Waals surface area contributed by atoms with Gasteiger partial charge in [-0.05, 0) is 70.4 Å². The topological polar surface area (TPSA) is 80.4 Å². The zero-order valence-corrected chi connectivity index (χ0v) is 18.2. The maximum absolute atomic E-state index is 12.6. The van der Waals surface area contributed by atoms with Gasteiger partial charge in [0.15, 0.2) is 5.76 Å². The first-order valence-electron chi connectivity index (χ1n) is 10.8. The summed E-state index contributed by atoms with van der Waals surface area (Å²) < 4.78 is 7.55. The van der Waals surface area contributed by atoms with E-state index in [1.165, 1.54) is 0 Å². The number of carbonyl (C=O) groups excluding carboxylic acids is 1. The molecule has 7 nitrogen and oxygen atoms in total. The van der Waals surface area contributed by atoms with Gasteiger partial charge in [-0.25, -0.2) is 9.78 Å². The molecule has 162 valence electrons. The number of carbonyl (C=O) groups is 1. The van der Waals surface area contributed by atoms with Crippen LogP contribution in [0.15, 0.2) is 51.8 Å². The normalized spacial score (nSPS) is 14.1. The van der Waals surface area contributed by atoms with Crippen molar-refractivity contribution >= 4 is 11.8 Å². The quantitative estimate of drug-likeness (QED) is 0.638. The Morgan fingerprint density at radius 1 is 1.06 bits per heavy atom. The van der Waals surface area contributed by atoms with Crippen molar-refractivity contribution in [3.63, 3.8) is 0 Å². The zero-order chi connectivity index (χ0) is 22.0. The Hall–Kier alpha value is -3.35. The van der Waals surface area contributed by atoms with Gasteiger partial charge in [0.05, 0.1) is 0 Å². The van der Waals surface area contributed by atoms with Gasteiger partial charge in [-0.15, -0.1) is 0 Å². The van der Waals surface area contributed by atoms with Gasteiger partial charge < -0.3 is 13.9 Å². The third-order valence-corrected chi connectivity index (χ3v) is 5.55. The summed E-state index contributed by atoms with van der Waals surface area (Å²) in [6.07, 6.45) is 5.07. The minimum Gasteiger partial charge on any atom is -0.460 e. The first kappa shape index (κ1) is 20.9. The molecule has 0 aliphatic carbocycles. The highest BCUT2D eigenvalue weighted by molar-refractivity contribution is 5.89. The summed E-state index contributed by atoms with van der Waals surface area (Å²) >= 11 is 0. The average molecular weight is 421 g/mol. The number of aromatic nitrogens is 2. The molecule has 1 aliphatic rings. The second-order valence-corrected chi connectivity index (χ2v) is 8.24. The SMILES string of the molecule is Cc1ccc(-c2nc(NC(=O)N3CCCCC3)ccc2-c2ccc(=O)n(C(C)C)c2)o1. The second-order valence-electron chi connectivity index (χ2n) is 8.24. The first-order chi connectivity index (χ1) is 14.9. The molecular weight excluding hydrogens is 392 g/mol. The Labute approximate surface area is 181 Å². The summed E-state index contributed by atoms with van der Waals surface area (Å²) in [7, 11) is 0. The summed E-state index contributed by atoms with van der Waals surface area (Å²) in [4.78, 5) is 31.4. The van der Waals surface area contributed by atoms with Gasteiger partial charge in [-0.2, -0.15) is 0 Å². The van der Waals surface area contributed by atoms with Crippen LogP contribution in [0.4, 0.5) is 10.6 Å². The van der Waals surface area contributed by atoms with Crippen LogP contribution >= 0.6 is 0 Å². The highest BCUT2D eigenvalue weighted by Crippen LogP contribution is 2.33. The van der Waals surface area contributed by atoms with Crippen molar-refractivity contribution in [2.24, 2.45) is 0 Å². The van der Waals surface area contributed by atoms with Gasteiger partial charge in [0, 0.05) is 42.5 Å². The Bertz CT molecular complexity index is 1140. The molecule has 0 spiro atoms. The molecule has 0 saturated carbocycles. The fourth-order valence-electron chi connectivity index (χ4n) is 3.86. The largest absolute Gasteiger partial charge is 0.460 e. The third-order valence-electron chi connectivity index (χ3n) is 5.55. The van der Waals surface area contributed by atoms with Gasteiger partial charge in [-0.1, -0.05) is 0 Å². The van der Waals surface area contributed by atoms with E-state index in [1.54, 1.807) is 22.8 Å². The minimum absolute atomic E-state index is 0.0396. The van der Waals surface area contributed by atoms with Crippen molar-refractivity contribution in [1.82, 2.24) is 14.5 Å². The Kier molecular flexibility index (Phi) is 5.93. The molecule has 4 heterocycles. The van der Waals surface area contributed by atoms with Crippen LogP contribution in [-0.4, -0.2) is 33.6 Å². The van der Waals surface area contributed by atoms with Gasteiger partial charge in [0.25, 0.3) is 5.56 Å². The minimum atomic E-state index is -0.130. The molecule has 4 rings (SSSR count). The maximum Gasteiger partial charge on any atom is 0.323 e. The monoisotopic (exact) mass is 420 g/mol. The van der Waals surface area contributed by atoms with Crippen molar-refractivity contribution in [2.45, 2.75) is 46.1 Å². The van der Waals surface area contributed by atoms with E-state index in [1.807, 2.05) is 50.1 Å². The fraction of sp³-hybridized carbons (Fsp3) is 0.375. The van der Waals surface area contributed by atoms with Crippen LogP contribution in [0.3, 0.4) is 0 Å². The number of likely N-dealkylation sites (tertiary alicyclic amines) is 1. The number of aryl methyl sites for hydroxylation is 1. The van der Waals surface area contributed by atoms with Crippen LogP contribution in [0.1, 0.15) is 44.9 Å². The van der Waals surface area contributed by atoms with Crippen LogP contribution < -0.4 is 10.9 Å². The lowest BCUT2D eigenvalue weighted by Gasteiger charge is -2.26.